The fourth-order valence-electron chi connectivity index (χ4n) is 3.32. The highest BCUT2D eigenvalue weighted by molar-refractivity contribution is 5.80. The van der Waals surface area contributed by atoms with Crippen molar-refractivity contribution in [3.05, 3.63) is 64.1 Å². The molecule has 0 unspecified atom stereocenters. The van der Waals surface area contributed by atoms with Crippen molar-refractivity contribution in [3.63, 3.8) is 0 Å². The topological polar surface area (TPSA) is 110 Å². The summed E-state index contributed by atoms with van der Waals surface area (Å²) in [7, 11) is 0. The van der Waals surface area contributed by atoms with Gasteiger partial charge in [-0.3, -0.25) is 14.9 Å². The monoisotopic (exact) mass is 414 g/mol. The summed E-state index contributed by atoms with van der Waals surface area (Å²) < 4.78 is 10.5. The van der Waals surface area contributed by atoms with Gasteiger partial charge in [-0.2, -0.15) is 0 Å². The molecule has 0 spiro atoms. The Morgan fingerprint density at radius 2 is 2.03 bits per heavy atom. The van der Waals surface area contributed by atoms with E-state index >= 15 is 0 Å². The lowest BCUT2D eigenvalue weighted by Crippen LogP contribution is -2.46. The second kappa shape index (κ2) is 10.4. The first-order valence-corrected chi connectivity index (χ1v) is 10.0. The minimum absolute atomic E-state index is 0.0555. The molecule has 160 valence electrons. The van der Waals surface area contributed by atoms with Crippen LogP contribution in [0.4, 0.5) is 5.69 Å². The molecule has 1 aliphatic rings. The average Bonchev–Trinajstić information content (AvgIpc) is 3.28. The van der Waals surface area contributed by atoms with Crippen molar-refractivity contribution < 1.29 is 18.9 Å². The molecule has 30 heavy (non-hydrogen) atoms. The third-order valence-electron chi connectivity index (χ3n) is 4.97. The molecule has 0 aliphatic carbocycles. The maximum Gasteiger partial charge on any atom is 0.309 e. The summed E-state index contributed by atoms with van der Waals surface area (Å²) >= 11 is 0. The van der Waals surface area contributed by atoms with E-state index in [9.17, 15) is 14.9 Å². The van der Waals surface area contributed by atoms with Crippen LogP contribution in [0.5, 0.6) is 0 Å². The van der Waals surface area contributed by atoms with Gasteiger partial charge in [0.1, 0.15) is 5.76 Å². The number of hydrogen-bond acceptors (Lipinski definition) is 6. The Bertz CT molecular complexity index is 856. The van der Waals surface area contributed by atoms with E-state index in [4.69, 9.17) is 14.1 Å². The minimum atomic E-state index is -0.420. The molecule has 0 radical (unpaired) electrons. The number of rotatable bonds is 7. The average molecular weight is 414 g/mol. The summed E-state index contributed by atoms with van der Waals surface area (Å²) in [6, 6.07) is 10.1. The van der Waals surface area contributed by atoms with Crippen LogP contribution >= 0.6 is 0 Å². The smallest absolute Gasteiger partial charge is 0.309 e. The molecule has 9 heteroatoms. The maximum atomic E-state index is 12.0. The first-order valence-electron chi connectivity index (χ1n) is 10.0. The molecule has 0 amide bonds. The van der Waals surface area contributed by atoms with E-state index in [1.807, 2.05) is 19.1 Å². The summed E-state index contributed by atoms with van der Waals surface area (Å²) in [6.07, 6.45) is 3.03. The van der Waals surface area contributed by atoms with E-state index in [-0.39, 0.29) is 17.6 Å². The number of nitro groups is 1. The second-order valence-corrected chi connectivity index (χ2v) is 7.01. The molecular formula is C21H26N4O5. The highest BCUT2D eigenvalue weighted by atomic mass is 16.6. The third-order valence-corrected chi connectivity index (χ3v) is 4.97. The molecule has 1 aromatic carbocycles. The van der Waals surface area contributed by atoms with Crippen LogP contribution in [0.15, 0.2) is 52.1 Å². The van der Waals surface area contributed by atoms with E-state index in [0.29, 0.717) is 51.6 Å². The number of guanidine groups is 1. The Kier molecular flexibility index (Phi) is 7.42. The van der Waals surface area contributed by atoms with Crippen LogP contribution in [0.3, 0.4) is 0 Å². The standard InChI is InChI=1S/C21H26N4O5/c1-2-29-20(26)17-9-11-24(12-10-17)21(23-15-19-4-3-13-30-19)22-14-16-5-7-18(8-6-16)25(27)28/h3-8,13,17H,2,9-12,14-15H2,1H3,(H,22,23). The van der Waals surface area contributed by atoms with Gasteiger partial charge in [0.15, 0.2) is 5.96 Å². The number of nitrogens with zero attached hydrogens (tertiary/aromatic N) is 3. The Hall–Kier alpha value is -3.36. The SMILES string of the molecule is CCOC(=O)C1CCN(C(=NCc2ccc([N+](=O)[O-])cc2)NCc2ccco2)CC1. The fourth-order valence-corrected chi connectivity index (χ4v) is 3.32. The van der Waals surface area contributed by atoms with Crippen LogP contribution < -0.4 is 5.32 Å². The van der Waals surface area contributed by atoms with Crippen molar-refractivity contribution in [1.29, 1.82) is 0 Å². The predicted octanol–water partition coefficient (Wildman–Crippen LogP) is 3.11. The lowest BCUT2D eigenvalue weighted by atomic mass is 9.97. The van der Waals surface area contributed by atoms with Crippen molar-refractivity contribution in [2.45, 2.75) is 32.9 Å². The molecule has 0 atom stereocenters. The zero-order chi connectivity index (χ0) is 21.3. The Balaban J connectivity index is 1.66. The number of aliphatic imine (C=N–C) groups is 1. The van der Waals surface area contributed by atoms with Gasteiger partial charge in [0, 0.05) is 25.2 Å². The van der Waals surface area contributed by atoms with E-state index in [1.54, 1.807) is 18.4 Å². The van der Waals surface area contributed by atoms with Crippen molar-refractivity contribution in [2.75, 3.05) is 19.7 Å². The molecule has 1 aliphatic heterocycles. The van der Waals surface area contributed by atoms with Gasteiger partial charge in [0.05, 0.1) is 36.8 Å². The van der Waals surface area contributed by atoms with E-state index in [2.05, 4.69) is 10.2 Å². The van der Waals surface area contributed by atoms with Crippen LogP contribution in [-0.2, 0) is 22.6 Å². The number of nitrogens with one attached hydrogen (secondary N) is 1. The summed E-state index contributed by atoms with van der Waals surface area (Å²) in [6.45, 7) is 4.46. The molecular weight excluding hydrogens is 388 g/mol. The normalized spacial score (nSPS) is 15.1. The van der Waals surface area contributed by atoms with Gasteiger partial charge in [-0.15, -0.1) is 0 Å². The fraction of sp³-hybridized carbons (Fsp3) is 0.429. The first kappa shape index (κ1) is 21.4. The summed E-state index contributed by atoms with van der Waals surface area (Å²) in [4.78, 5) is 29.2. The number of carbonyl (C=O) groups is 1. The zero-order valence-electron chi connectivity index (χ0n) is 17.0. The third kappa shape index (κ3) is 5.82. The van der Waals surface area contributed by atoms with Crippen molar-refractivity contribution in [1.82, 2.24) is 10.2 Å². The number of likely N-dealkylation sites (tertiary alicyclic amines) is 1. The van der Waals surface area contributed by atoms with E-state index in [1.165, 1.54) is 12.1 Å². The Labute approximate surface area is 174 Å². The van der Waals surface area contributed by atoms with Gasteiger partial charge in [0.25, 0.3) is 5.69 Å². The highest BCUT2D eigenvalue weighted by Gasteiger charge is 2.27. The number of non-ortho nitro benzene ring substituents is 1. The molecule has 9 nitrogen and oxygen atoms in total. The van der Waals surface area contributed by atoms with Crippen LogP contribution in [0.2, 0.25) is 0 Å². The molecule has 0 bridgehead atoms. The molecule has 2 aromatic rings. The van der Waals surface area contributed by atoms with Crippen LogP contribution in [0.25, 0.3) is 0 Å². The Morgan fingerprint density at radius 1 is 1.30 bits per heavy atom. The molecule has 2 heterocycles. The molecule has 1 saturated heterocycles. The first-order chi connectivity index (χ1) is 14.6. The summed E-state index contributed by atoms with van der Waals surface area (Å²) in [5.41, 5.74) is 0.930. The number of nitro benzene ring substituents is 1. The summed E-state index contributed by atoms with van der Waals surface area (Å²) in [5.74, 6) is 1.29. The lowest BCUT2D eigenvalue weighted by Gasteiger charge is -2.33. The predicted molar refractivity (Wildman–Crippen MR) is 111 cm³/mol. The molecule has 1 N–H and O–H groups in total. The minimum Gasteiger partial charge on any atom is -0.467 e. The van der Waals surface area contributed by atoms with Crippen molar-refractivity contribution in [2.24, 2.45) is 10.9 Å². The van der Waals surface area contributed by atoms with Gasteiger partial charge in [-0.05, 0) is 37.5 Å². The van der Waals surface area contributed by atoms with Crippen molar-refractivity contribution in [3.8, 4) is 0 Å². The maximum absolute atomic E-state index is 12.0. The molecule has 1 aromatic heterocycles. The molecule has 0 saturated carbocycles. The van der Waals surface area contributed by atoms with Gasteiger partial charge in [0.2, 0.25) is 0 Å². The van der Waals surface area contributed by atoms with Gasteiger partial charge < -0.3 is 19.4 Å². The largest absolute Gasteiger partial charge is 0.467 e. The highest BCUT2D eigenvalue weighted by Crippen LogP contribution is 2.19. The number of furan rings is 1. The zero-order valence-corrected chi connectivity index (χ0v) is 17.0. The van der Waals surface area contributed by atoms with Crippen LogP contribution in [0.1, 0.15) is 31.1 Å². The number of piperidine rings is 1. The lowest BCUT2D eigenvalue weighted by molar-refractivity contribution is -0.384. The van der Waals surface area contributed by atoms with Crippen LogP contribution in [0, 0.1) is 16.0 Å². The Morgan fingerprint density at radius 3 is 2.63 bits per heavy atom. The van der Waals surface area contributed by atoms with Gasteiger partial charge >= 0.3 is 5.97 Å². The van der Waals surface area contributed by atoms with E-state index < -0.39 is 4.92 Å². The number of benzene rings is 1. The number of esters is 1. The van der Waals surface area contributed by atoms with Crippen LogP contribution in [-0.4, -0.2) is 41.4 Å². The quantitative estimate of drug-likeness (QED) is 0.244. The number of ether oxygens (including phenoxy) is 1. The second-order valence-electron chi connectivity index (χ2n) is 7.01. The van der Waals surface area contributed by atoms with Gasteiger partial charge in [-0.25, -0.2) is 4.99 Å². The van der Waals surface area contributed by atoms with Crippen molar-refractivity contribution >= 4 is 17.6 Å². The number of carbonyl (C=O) groups excluding carboxylic acids is 1. The summed E-state index contributed by atoms with van der Waals surface area (Å²) in [5, 5.41) is 14.1. The van der Waals surface area contributed by atoms with E-state index in [0.717, 1.165) is 11.3 Å². The number of hydrogen-bond donors (Lipinski definition) is 1. The van der Waals surface area contributed by atoms with Gasteiger partial charge in [-0.1, -0.05) is 12.1 Å². The molecule has 3 rings (SSSR count). The molecule has 1 fully saturated rings.